The van der Waals surface area contributed by atoms with Gasteiger partial charge in [-0.3, -0.25) is 29.3 Å². The fourth-order valence-electron chi connectivity index (χ4n) is 8.70. The van der Waals surface area contributed by atoms with E-state index in [4.69, 9.17) is 19.2 Å². The lowest BCUT2D eigenvalue weighted by atomic mass is 9.84. The van der Waals surface area contributed by atoms with Crippen LogP contribution in [0.1, 0.15) is 98.1 Å². The predicted octanol–water partition coefficient (Wildman–Crippen LogP) is 7.34. The molecular weight excluding hydrogens is 789 g/mol. The third-order valence-corrected chi connectivity index (χ3v) is 11.7. The summed E-state index contributed by atoms with van der Waals surface area (Å²) >= 11 is 0. The third-order valence-electron chi connectivity index (χ3n) is 11.7. The van der Waals surface area contributed by atoms with Gasteiger partial charge in [-0.05, 0) is 118 Å². The average molecular weight is 853 g/mol. The molecule has 4 heterocycles. The smallest absolute Gasteiger partial charge is 0.410 e. The topological polar surface area (TPSA) is 165 Å². The lowest BCUT2D eigenvalue weighted by molar-refractivity contribution is -0.155. The number of amides is 3. The Kier molecular flexibility index (Phi) is 13.7. The molecule has 2 aliphatic rings. The number of aromatic nitrogens is 2. The minimum Gasteiger partial charge on any atom is -0.508 e. The summed E-state index contributed by atoms with van der Waals surface area (Å²) in [6.07, 6.45) is 2.34. The van der Waals surface area contributed by atoms with Gasteiger partial charge in [-0.25, -0.2) is 10.2 Å². The van der Waals surface area contributed by atoms with Crippen LogP contribution in [-0.4, -0.2) is 99.5 Å². The lowest BCUT2D eigenvalue weighted by Gasteiger charge is -2.37. The van der Waals surface area contributed by atoms with E-state index in [-0.39, 0.29) is 37.3 Å². The van der Waals surface area contributed by atoms with Crippen molar-refractivity contribution in [3.8, 4) is 28.1 Å². The predicted molar refractivity (Wildman–Crippen MR) is 238 cm³/mol. The number of rotatable bonds is 8. The van der Waals surface area contributed by atoms with Crippen LogP contribution in [0.5, 0.6) is 5.75 Å². The number of phenols is 1. The van der Waals surface area contributed by atoms with Gasteiger partial charge in [-0.15, -0.1) is 0 Å². The summed E-state index contributed by atoms with van der Waals surface area (Å²) in [6, 6.07) is 12.5. The number of hydrogen-bond acceptors (Lipinski definition) is 10. The number of fused-ring (bicyclic) bond motifs is 6. The number of methoxy groups -OCH3 is 1. The van der Waals surface area contributed by atoms with Crippen molar-refractivity contribution in [2.24, 2.45) is 11.3 Å². The summed E-state index contributed by atoms with van der Waals surface area (Å²) < 4.78 is 19.8. The molecule has 4 atom stereocenters. The number of benzene rings is 2. The number of likely N-dealkylation sites (N-methyl/N-ethyl adjacent to an activating group) is 1. The number of carbonyl (C=O) groups is 4. The molecule has 0 unspecified atom stereocenters. The van der Waals surface area contributed by atoms with Crippen molar-refractivity contribution in [2.45, 2.75) is 124 Å². The number of ether oxygens (including phenoxy) is 3. The van der Waals surface area contributed by atoms with E-state index < -0.39 is 53.0 Å². The number of aryl methyl sites for hydroxylation is 1. The summed E-state index contributed by atoms with van der Waals surface area (Å²) in [5.74, 6) is -1.84. The van der Waals surface area contributed by atoms with E-state index in [1.165, 1.54) is 17.0 Å². The van der Waals surface area contributed by atoms with Crippen LogP contribution in [0.25, 0.3) is 33.3 Å². The van der Waals surface area contributed by atoms with Gasteiger partial charge in [0.1, 0.15) is 29.5 Å². The maximum absolute atomic E-state index is 14.6. The Morgan fingerprint density at radius 3 is 2.52 bits per heavy atom. The molecular formula is C48H64N6O8. The van der Waals surface area contributed by atoms with E-state index in [2.05, 4.69) is 54.3 Å². The van der Waals surface area contributed by atoms with Gasteiger partial charge in [-0.1, -0.05) is 39.8 Å². The van der Waals surface area contributed by atoms with Gasteiger partial charge >= 0.3 is 12.1 Å². The number of carbonyl (C=O) groups excluding carboxylic acids is 4. The van der Waals surface area contributed by atoms with Crippen molar-refractivity contribution in [1.29, 1.82) is 0 Å². The summed E-state index contributed by atoms with van der Waals surface area (Å²) in [5, 5.41) is 16.6. The highest BCUT2D eigenvalue weighted by Gasteiger charge is 2.38. The van der Waals surface area contributed by atoms with E-state index in [1.54, 1.807) is 46.2 Å². The van der Waals surface area contributed by atoms with Gasteiger partial charge in [0.05, 0.1) is 24.1 Å². The van der Waals surface area contributed by atoms with Gasteiger partial charge in [0.15, 0.2) is 0 Å². The first-order valence-electron chi connectivity index (χ1n) is 21.7. The molecule has 6 rings (SSSR count). The second-order valence-corrected chi connectivity index (χ2v) is 18.8. The van der Waals surface area contributed by atoms with Crippen molar-refractivity contribution < 1.29 is 38.5 Å². The molecule has 1 saturated heterocycles. The maximum atomic E-state index is 14.6. The van der Waals surface area contributed by atoms with Crippen molar-refractivity contribution >= 4 is 34.8 Å². The fraction of sp³-hybridized carbons (Fsp3) is 0.521. The number of nitrogens with one attached hydrogen (secondary N) is 2. The summed E-state index contributed by atoms with van der Waals surface area (Å²) in [7, 11) is 3.18. The number of pyridine rings is 1. The third kappa shape index (κ3) is 10.1. The van der Waals surface area contributed by atoms with E-state index in [0.29, 0.717) is 31.4 Å². The first-order valence-corrected chi connectivity index (χ1v) is 21.7. The molecule has 14 nitrogen and oxygen atoms in total. The zero-order valence-electron chi connectivity index (χ0n) is 38.1. The SMILES string of the molecule is CCn1c(-c2cccnc2[C@H](C)OC)c2c3cc(ccc31)-c1cc(O)cc(c1)C[C@H](NC(=O)[C@H](C(C)C)N(C)C(=O)OC(C)(C)C)C(=O)N1CCC[C@H](N1)C(=O)OCC(C)(C)C2. The van der Waals surface area contributed by atoms with Crippen molar-refractivity contribution in [1.82, 2.24) is 30.2 Å². The second kappa shape index (κ2) is 18.5. The Hall–Kier alpha value is -5.47. The van der Waals surface area contributed by atoms with Gasteiger partial charge in [0.25, 0.3) is 5.91 Å². The maximum Gasteiger partial charge on any atom is 0.410 e. The average Bonchev–Trinajstić information content (AvgIpc) is 3.52. The standard InChI is InChI=1S/C48H64N6O8/c1-12-53-39-18-17-31-25-35(39)36(42(53)34-15-13-19-49-40(34)29(4)60-11)26-48(8,9)27-61-45(58)37-16-14-20-54(51-37)44(57)38(23-30-21-32(31)24-33(55)22-30)50-43(56)41(28(2)3)52(10)46(59)62-47(5,6)7/h13,15,17-19,21-22,24-25,28-29,37-38,41,51,55H,12,14,16,20,23,26-27H2,1-11H3,(H,50,56)/t29-,37-,38-,41-/m0/s1. The molecule has 2 aliphatic heterocycles. The first-order chi connectivity index (χ1) is 29.2. The molecule has 14 heteroatoms. The highest BCUT2D eigenvalue weighted by atomic mass is 16.6. The van der Waals surface area contributed by atoms with E-state index in [1.807, 2.05) is 39.0 Å². The zero-order chi connectivity index (χ0) is 45.3. The summed E-state index contributed by atoms with van der Waals surface area (Å²) in [4.78, 5) is 61.9. The van der Waals surface area contributed by atoms with Crippen LogP contribution in [0.15, 0.2) is 54.7 Å². The van der Waals surface area contributed by atoms with Gasteiger partial charge in [0, 0.05) is 61.7 Å². The van der Waals surface area contributed by atoms with E-state index in [9.17, 15) is 24.3 Å². The van der Waals surface area contributed by atoms with Crippen LogP contribution >= 0.6 is 0 Å². The van der Waals surface area contributed by atoms with Crippen LogP contribution in [0.2, 0.25) is 0 Å². The zero-order valence-corrected chi connectivity index (χ0v) is 38.1. The fourth-order valence-corrected chi connectivity index (χ4v) is 8.70. The highest BCUT2D eigenvalue weighted by molar-refractivity contribution is 5.96. The molecule has 3 amide bonds. The summed E-state index contributed by atoms with van der Waals surface area (Å²) in [5.41, 5.74) is 8.79. The number of hydrogen-bond donors (Lipinski definition) is 3. The van der Waals surface area contributed by atoms with Crippen LogP contribution in [-0.2, 0) is 48.0 Å². The molecule has 6 bridgehead atoms. The largest absolute Gasteiger partial charge is 0.508 e. The number of aromatic hydroxyl groups is 1. The molecule has 4 aromatic rings. The van der Waals surface area contributed by atoms with Crippen molar-refractivity contribution in [2.75, 3.05) is 27.3 Å². The Bertz CT molecular complexity index is 2310. The molecule has 3 N–H and O–H groups in total. The Morgan fingerprint density at radius 1 is 1.10 bits per heavy atom. The molecule has 0 aliphatic carbocycles. The molecule has 0 spiro atoms. The number of hydrazine groups is 1. The highest BCUT2D eigenvalue weighted by Crippen LogP contribution is 2.42. The number of esters is 1. The van der Waals surface area contributed by atoms with Crippen molar-refractivity contribution in [3.05, 3.63) is 71.5 Å². The molecule has 2 aromatic carbocycles. The van der Waals surface area contributed by atoms with Crippen LogP contribution in [0, 0.1) is 11.3 Å². The van der Waals surface area contributed by atoms with Crippen LogP contribution < -0.4 is 10.7 Å². The summed E-state index contributed by atoms with van der Waals surface area (Å²) in [6.45, 7) is 18.2. The minimum atomic E-state index is -1.15. The first kappa shape index (κ1) is 46.0. The molecule has 334 valence electrons. The number of nitrogens with zero attached hydrogens (tertiary/aromatic N) is 4. The monoisotopic (exact) mass is 852 g/mol. The number of phenolic OH excluding ortho intramolecular Hbond substituents is 1. The lowest BCUT2D eigenvalue weighted by Crippen LogP contribution is -2.62. The molecule has 62 heavy (non-hydrogen) atoms. The Labute approximate surface area is 365 Å². The number of cyclic esters (lactones) is 1. The van der Waals surface area contributed by atoms with Gasteiger partial charge in [-0.2, -0.15) is 0 Å². The second-order valence-electron chi connectivity index (χ2n) is 18.8. The quantitative estimate of drug-likeness (QED) is 0.153. The molecule has 1 fully saturated rings. The molecule has 0 saturated carbocycles. The van der Waals surface area contributed by atoms with Crippen LogP contribution in [0.3, 0.4) is 0 Å². The normalized spacial score (nSPS) is 19.4. The van der Waals surface area contributed by atoms with E-state index in [0.717, 1.165) is 44.5 Å². The van der Waals surface area contributed by atoms with E-state index >= 15 is 0 Å². The van der Waals surface area contributed by atoms with Gasteiger partial charge in [0.2, 0.25) is 5.91 Å². The molecule has 2 aromatic heterocycles. The molecule has 0 radical (unpaired) electrons. The minimum absolute atomic E-state index is 0.000253. The Morgan fingerprint density at radius 2 is 1.84 bits per heavy atom. The van der Waals surface area contributed by atoms with Gasteiger partial charge < -0.3 is 29.2 Å². The van der Waals surface area contributed by atoms with Crippen molar-refractivity contribution in [3.63, 3.8) is 0 Å². The van der Waals surface area contributed by atoms with Crippen LogP contribution in [0.4, 0.5) is 4.79 Å². The Balaban J connectivity index is 1.50.